The second-order valence-electron chi connectivity index (χ2n) is 13.8. The van der Waals surface area contributed by atoms with Crippen molar-refractivity contribution in [3.63, 3.8) is 0 Å². The highest BCUT2D eigenvalue weighted by atomic mass is 35.5. The molecular weight excluding hydrogens is 717 g/mol. The van der Waals surface area contributed by atoms with Crippen molar-refractivity contribution in [3.05, 3.63) is 86.9 Å². The zero-order chi connectivity index (χ0) is 37.1. The number of halogens is 2. The van der Waals surface area contributed by atoms with Crippen LogP contribution in [0, 0.1) is 5.92 Å². The zero-order valence-corrected chi connectivity index (χ0v) is 31.3. The maximum atomic E-state index is 11.6. The number of methoxy groups -OCH3 is 2. The van der Waals surface area contributed by atoms with Gasteiger partial charge in [-0.25, -0.2) is 4.98 Å². The van der Waals surface area contributed by atoms with E-state index in [2.05, 4.69) is 32.7 Å². The number of aliphatic carboxylic acids is 1. The Morgan fingerprint density at radius 1 is 0.943 bits per heavy atom. The van der Waals surface area contributed by atoms with Crippen LogP contribution in [0.4, 0.5) is 0 Å². The molecule has 2 aromatic carbocycles. The summed E-state index contributed by atoms with van der Waals surface area (Å²) in [6.07, 6.45) is 4.15. The van der Waals surface area contributed by atoms with Gasteiger partial charge in [-0.05, 0) is 67.5 Å². The van der Waals surface area contributed by atoms with Crippen molar-refractivity contribution in [2.75, 3.05) is 33.9 Å². The number of fused-ring (bicyclic) bond motifs is 1. The van der Waals surface area contributed by atoms with Gasteiger partial charge in [0, 0.05) is 60.9 Å². The Labute approximate surface area is 319 Å². The molecule has 7 rings (SSSR count). The first kappa shape index (κ1) is 36.9. The van der Waals surface area contributed by atoms with Gasteiger partial charge in [0.25, 0.3) is 0 Å². The largest absolute Gasteiger partial charge is 0.481 e. The van der Waals surface area contributed by atoms with E-state index in [1.807, 2.05) is 42.5 Å². The molecule has 53 heavy (non-hydrogen) atoms. The molecule has 2 aliphatic heterocycles. The van der Waals surface area contributed by atoms with Gasteiger partial charge < -0.3 is 30.0 Å². The molecule has 3 aliphatic rings. The molecule has 4 heterocycles. The quantitative estimate of drug-likeness (QED) is 0.133. The van der Waals surface area contributed by atoms with Crippen LogP contribution in [-0.2, 0) is 29.1 Å². The number of carboxylic acids is 1. The second kappa shape index (κ2) is 16.3. The second-order valence-corrected chi connectivity index (χ2v) is 14.6. The van der Waals surface area contributed by atoms with Crippen LogP contribution in [0.2, 0.25) is 10.0 Å². The van der Waals surface area contributed by atoms with E-state index in [1.165, 1.54) is 0 Å². The van der Waals surface area contributed by atoms with Crippen molar-refractivity contribution < 1.29 is 28.9 Å². The smallest absolute Gasteiger partial charge is 0.307 e. The molecule has 1 aliphatic carbocycles. The van der Waals surface area contributed by atoms with E-state index in [0.29, 0.717) is 72.4 Å². The SMILES string of the molecule is COc1nc(-c2cccc(-c3cccc4c3CC[C@@H]4Oc3nc(OC)c(CN4CCC[C@H](C(=O)O)C4)cc3Cl)c2Cl)ccc1CNC[C@@H]1CCC(=O)N1. The van der Waals surface area contributed by atoms with E-state index < -0.39 is 5.97 Å². The fraction of sp³-hybridized carbons (Fsp3) is 0.400. The summed E-state index contributed by atoms with van der Waals surface area (Å²) in [6.45, 7) is 3.00. The van der Waals surface area contributed by atoms with Crippen molar-refractivity contribution in [1.29, 1.82) is 0 Å². The number of aromatic nitrogens is 2. The van der Waals surface area contributed by atoms with Crippen LogP contribution in [0.25, 0.3) is 22.4 Å². The van der Waals surface area contributed by atoms with Gasteiger partial charge in [0.05, 0.1) is 30.9 Å². The molecule has 2 fully saturated rings. The number of amides is 1. The Balaban J connectivity index is 1.08. The highest BCUT2D eigenvalue weighted by Crippen LogP contribution is 2.45. The number of pyridine rings is 2. The minimum Gasteiger partial charge on any atom is -0.481 e. The molecule has 2 aromatic heterocycles. The lowest BCUT2D eigenvalue weighted by atomic mass is 9.94. The third kappa shape index (κ3) is 8.08. The Kier molecular flexibility index (Phi) is 11.4. The molecule has 0 spiro atoms. The number of carboxylic acid groups (broad SMARTS) is 1. The summed E-state index contributed by atoms with van der Waals surface area (Å²) in [7, 11) is 3.17. The lowest BCUT2D eigenvalue weighted by molar-refractivity contribution is -0.143. The van der Waals surface area contributed by atoms with Crippen LogP contribution < -0.4 is 24.8 Å². The van der Waals surface area contributed by atoms with Gasteiger partial charge in [-0.1, -0.05) is 65.7 Å². The lowest BCUT2D eigenvalue weighted by Gasteiger charge is -2.30. The number of nitrogens with one attached hydrogen (secondary N) is 2. The summed E-state index contributed by atoms with van der Waals surface area (Å²) in [5.41, 5.74) is 7.33. The molecule has 4 aromatic rings. The average Bonchev–Trinajstić information content (AvgIpc) is 3.78. The summed E-state index contributed by atoms with van der Waals surface area (Å²) < 4.78 is 17.8. The Morgan fingerprint density at radius 3 is 2.49 bits per heavy atom. The number of carbonyl (C=O) groups is 2. The Hall–Kier alpha value is -4.42. The number of ether oxygens (including phenoxy) is 3. The predicted molar refractivity (Wildman–Crippen MR) is 203 cm³/mol. The van der Waals surface area contributed by atoms with Gasteiger partial charge in [0.1, 0.15) is 11.1 Å². The fourth-order valence-electron chi connectivity index (χ4n) is 7.71. The van der Waals surface area contributed by atoms with Gasteiger partial charge >= 0.3 is 5.97 Å². The van der Waals surface area contributed by atoms with Gasteiger partial charge in [-0.2, -0.15) is 4.98 Å². The van der Waals surface area contributed by atoms with E-state index in [1.54, 1.807) is 14.2 Å². The number of rotatable bonds is 13. The number of benzene rings is 2. The maximum Gasteiger partial charge on any atom is 0.307 e. The molecule has 11 nitrogen and oxygen atoms in total. The topological polar surface area (TPSA) is 135 Å². The maximum absolute atomic E-state index is 11.6. The molecule has 0 saturated carbocycles. The molecule has 2 saturated heterocycles. The van der Waals surface area contributed by atoms with Crippen molar-refractivity contribution in [1.82, 2.24) is 25.5 Å². The molecule has 13 heteroatoms. The lowest BCUT2D eigenvalue weighted by Crippen LogP contribution is -2.38. The number of carbonyl (C=O) groups excluding carboxylic acids is 1. The zero-order valence-electron chi connectivity index (χ0n) is 29.8. The van der Waals surface area contributed by atoms with Gasteiger partial charge in [-0.3, -0.25) is 14.5 Å². The highest BCUT2D eigenvalue weighted by molar-refractivity contribution is 6.36. The van der Waals surface area contributed by atoms with Gasteiger partial charge in [0.15, 0.2) is 0 Å². The van der Waals surface area contributed by atoms with Gasteiger partial charge in [-0.15, -0.1) is 0 Å². The number of likely N-dealkylation sites (tertiary alicyclic amines) is 1. The van der Waals surface area contributed by atoms with E-state index >= 15 is 0 Å². The monoisotopic (exact) mass is 759 g/mol. The van der Waals surface area contributed by atoms with Crippen molar-refractivity contribution >= 4 is 35.1 Å². The third-order valence-corrected chi connectivity index (χ3v) is 11.1. The van der Waals surface area contributed by atoms with E-state index in [0.717, 1.165) is 71.2 Å². The molecule has 0 radical (unpaired) electrons. The molecule has 0 unspecified atom stereocenters. The molecular formula is C40H43Cl2N5O6. The van der Waals surface area contributed by atoms with Crippen LogP contribution in [0.15, 0.2) is 54.6 Å². The standard InChI is InChI=1S/C40H43Cl2N5O6/c1-51-37-23(19-43-20-26-12-16-35(48)44-26)11-14-33(45-37)31-10-4-9-30(36(31)42)27-7-3-8-29-28(27)13-15-34(29)53-39-32(41)18-25(38(46-39)52-2)22-47-17-5-6-24(21-47)40(49)50/h3-4,7-11,14,18,24,26,34,43H,5-6,12-13,15-17,19-22H2,1-2H3,(H,44,48)(H,49,50)/t24-,26-,34-/m0/s1. The molecule has 278 valence electrons. The first-order chi connectivity index (χ1) is 25.7. The van der Waals surface area contributed by atoms with Gasteiger partial charge in [0.2, 0.25) is 23.5 Å². The average molecular weight is 761 g/mol. The normalized spacial score (nSPS) is 19.8. The fourth-order valence-corrected chi connectivity index (χ4v) is 8.26. The number of hydrogen-bond donors (Lipinski definition) is 3. The highest BCUT2D eigenvalue weighted by Gasteiger charge is 2.30. The van der Waals surface area contributed by atoms with E-state index in [4.69, 9.17) is 42.4 Å². The minimum atomic E-state index is -0.766. The first-order valence-corrected chi connectivity index (χ1v) is 18.8. The molecule has 3 N–H and O–H groups in total. The summed E-state index contributed by atoms with van der Waals surface area (Å²) >= 11 is 13.9. The van der Waals surface area contributed by atoms with Crippen LogP contribution >= 0.6 is 23.2 Å². The Bertz CT molecular complexity index is 2010. The molecule has 1 amide bonds. The van der Waals surface area contributed by atoms with Crippen molar-refractivity contribution in [2.24, 2.45) is 5.92 Å². The Morgan fingerprint density at radius 2 is 1.72 bits per heavy atom. The van der Waals surface area contributed by atoms with E-state index in [-0.39, 0.29) is 24.0 Å². The number of hydrogen-bond acceptors (Lipinski definition) is 9. The van der Waals surface area contributed by atoms with Crippen LogP contribution in [-0.4, -0.2) is 71.7 Å². The first-order valence-electron chi connectivity index (χ1n) is 18.0. The number of nitrogens with zero attached hydrogens (tertiary/aromatic N) is 3. The van der Waals surface area contributed by atoms with Crippen LogP contribution in [0.5, 0.6) is 17.6 Å². The van der Waals surface area contributed by atoms with Crippen molar-refractivity contribution in [3.8, 4) is 40.0 Å². The van der Waals surface area contributed by atoms with Crippen molar-refractivity contribution in [2.45, 2.75) is 63.8 Å². The summed E-state index contributed by atoms with van der Waals surface area (Å²) in [6, 6.07) is 18.0. The predicted octanol–water partition coefficient (Wildman–Crippen LogP) is 6.87. The summed E-state index contributed by atoms with van der Waals surface area (Å²) in [5, 5.41) is 16.9. The van der Waals surface area contributed by atoms with E-state index in [9.17, 15) is 14.7 Å². The molecule has 3 atom stereocenters. The van der Waals surface area contributed by atoms with Crippen LogP contribution in [0.3, 0.4) is 0 Å². The summed E-state index contributed by atoms with van der Waals surface area (Å²) in [5.74, 6) is 0.167. The molecule has 0 bridgehead atoms. The van der Waals surface area contributed by atoms with Crippen LogP contribution in [0.1, 0.15) is 60.5 Å². The number of piperidine rings is 1. The third-order valence-electron chi connectivity index (χ3n) is 10.4. The minimum absolute atomic E-state index is 0.0994. The summed E-state index contributed by atoms with van der Waals surface area (Å²) in [4.78, 5) is 34.7.